The number of rotatable bonds is 5. The predicted molar refractivity (Wildman–Crippen MR) is 203 cm³/mol. The molecule has 2 nitrogen and oxygen atoms in total. The second kappa shape index (κ2) is 10.8. The molecule has 1 aromatic heterocycles. The predicted octanol–water partition coefficient (Wildman–Crippen LogP) is 12.6. The third-order valence-electron chi connectivity index (χ3n) is 9.81. The highest BCUT2D eigenvalue weighted by Gasteiger charge is 2.48. The molecular formula is C47H31NO. The van der Waals surface area contributed by atoms with Gasteiger partial charge in [-0.3, -0.25) is 0 Å². The van der Waals surface area contributed by atoms with E-state index in [9.17, 15) is 4.11 Å². The molecular weight excluding hydrogens is 595 g/mol. The highest BCUT2D eigenvalue weighted by atomic mass is 16.3. The number of benzene rings is 8. The van der Waals surface area contributed by atoms with Crippen molar-refractivity contribution >= 4 is 49.8 Å². The standard InChI is InChI=1S/C47H31NO/c1-3-17-33(18-4-1)48(34-19-5-2-6-20-34)35-29-30-43-40(31-35)37-22-9-11-25-42(37)47(43,41-26-13-16-32-15-7-8-21-36(32)41)44-27-14-24-39-38-23-10-12-28-45(38)49-46(39)44/h1-31H/i7D,8D,13D,15D,16D,21D,26D. The summed E-state index contributed by atoms with van der Waals surface area (Å²) in [4.78, 5) is 2.18. The summed E-state index contributed by atoms with van der Waals surface area (Å²) in [6.45, 7) is 0. The maximum atomic E-state index is 9.78. The molecule has 0 bridgehead atoms. The first-order valence-electron chi connectivity index (χ1n) is 19.8. The van der Waals surface area contributed by atoms with Crippen molar-refractivity contribution in [1.82, 2.24) is 0 Å². The Labute approximate surface area is 295 Å². The van der Waals surface area contributed by atoms with Crippen LogP contribution in [0.3, 0.4) is 0 Å². The first-order valence-corrected chi connectivity index (χ1v) is 16.3. The van der Waals surface area contributed by atoms with E-state index in [-0.39, 0.29) is 28.4 Å². The highest BCUT2D eigenvalue weighted by molar-refractivity contribution is 6.08. The van der Waals surface area contributed by atoms with Crippen LogP contribution >= 0.6 is 0 Å². The quantitative estimate of drug-likeness (QED) is 0.188. The minimum Gasteiger partial charge on any atom is -0.456 e. The third kappa shape index (κ3) is 4.01. The van der Waals surface area contributed by atoms with Gasteiger partial charge in [0.2, 0.25) is 0 Å². The van der Waals surface area contributed by atoms with Crippen molar-refractivity contribution in [2.75, 3.05) is 4.90 Å². The first-order chi connectivity index (χ1) is 27.2. The van der Waals surface area contributed by atoms with E-state index in [0.29, 0.717) is 16.7 Å². The van der Waals surface area contributed by atoms with Crippen LogP contribution in [0.4, 0.5) is 17.1 Å². The largest absolute Gasteiger partial charge is 0.456 e. The highest BCUT2D eigenvalue weighted by Crippen LogP contribution is 2.59. The maximum Gasteiger partial charge on any atom is 0.140 e. The Morgan fingerprint density at radius 3 is 1.94 bits per heavy atom. The summed E-state index contributed by atoms with van der Waals surface area (Å²) in [5.41, 5.74) is 6.73. The number of fused-ring (bicyclic) bond motifs is 7. The Bertz CT molecular complexity index is 3020. The number of para-hydroxylation sites is 4. The van der Waals surface area contributed by atoms with Crippen LogP contribution in [0.5, 0.6) is 0 Å². The average molecular weight is 633 g/mol. The minimum absolute atomic E-state index is 0.0389. The van der Waals surface area contributed by atoms with Crippen molar-refractivity contribution in [3.05, 3.63) is 210 Å². The van der Waals surface area contributed by atoms with Crippen molar-refractivity contribution in [3.8, 4) is 11.1 Å². The molecule has 0 amide bonds. The van der Waals surface area contributed by atoms with E-state index in [0.717, 1.165) is 50.1 Å². The molecule has 10 rings (SSSR count). The number of furan rings is 1. The van der Waals surface area contributed by atoms with Gasteiger partial charge in [-0.15, -0.1) is 0 Å². The number of nitrogens with zero attached hydrogens (tertiary/aromatic N) is 1. The monoisotopic (exact) mass is 632 g/mol. The molecule has 0 aliphatic heterocycles. The van der Waals surface area contributed by atoms with Crippen LogP contribution in [0.15, 0.2) is 192 Å². The summed E-state index contributed by atoms with van der Waals surface area (Å²) in [5, 5.41) is 1.70. The Balaban J connectivity index is 1.41. The lowest BCUT2D eigenvalue weighted by Crippen LogP contribution is -2.29. The second-order valence-electron chi connectivity index (χ2n) is 12.3. The van der Waals surface area contributed by atoms with Crippen LogP contribution in [0, 0.1) is 0 Å². The van der Waals surface area contributed by atoms with Crippen LogP contribution in [0.1, 0.15) is 31.8 Å². The van der Waals surface area contributed by atoms with Crippen molar-refractivity contribution in [2.45, 2.75) is 5.41 Å². The van der Waals surface area contributed by atoms with Crippen LogP contribution in [-0.4, -0.2) is 0 Å². The van der Waals surface area contributed by atoms with E-state index < -0.39 is 35.6 Å². The summed E-state index contributed by atoms with van der Waals surface area (Å²) in [5.74, 6) is 0. The molecule has 230 valence electrons. The Kier molecular flexibility index (Phi) is 4.75. The van der Waals surface area contributed by atoms with Gasteiger partial charge in [-0.05, 0) is 81.1 Å². The molecule has 0 radical (unpaired) electrons. The average Bonchev–Trinajstić information content (AvgIpc) is 3.76. The van der Waals surface area contributed by atoms with Gasteiger partial charge in [-0.2, -0.15) is 0 Å². The number of hydrogen-bond acceptors (Lipinski definition) is 2. The number of hydrogen-bond donors (Lipinski definition) is 0. The van der Waals surface area contributed by atoms with Crippen LogP contribution < -0.4 is 4.90 Å². The first kappa shape index (κ1) is 21.5. The SMILES string of the molecule is [2H]c1c([2H])c([2H])c2c(C3(c4cccc5c4oc4ccccc45)c4ccccc4-c4cc(N(c5ccccc5)c5ccccc5)ccc43)c([2H])c([2H])c([2H])c2c1[2H]. The molecule has 1 atom stereocenters. The van der Waals surface area contributed by atoms with E-state index in [1.807, 2.05) is 115 Å². The van der Waals surface area contributed by atoms with Gasteiger partial charge in [0.15, 0.2) is 0 Å². The summed E-state index contributed by atoms with van der Waals surface area (Å²) in [6, 6.07) is 45.2. The molecule has 2 heteroatoms. The van der Waals surface area contributed by atoms with Crippen molar-refractivity contribution in [3.63, 3.8) is 0 Å². The van der Waals surface area contributed by atoms with Crippen molar-refractivity contribution in [2.24, 2.45) is 0 Å². The van der Waals surface area contributed by atoms with E-state index in [4.69, 9.17) is 9.90 Å². The van der Waals surface area contributed by atoms with Crippen molar-refractivity contribution in [1.29, 1.82) is 0 Å². The molecule has 1 aliphatic rings. The number of anilines is 3. The summed E-state index contributed by atoms with van der Waals surface area (Å²) < 4.78 is 70.6. The van der Waals surface area contributed by atoms with E-state index >= 15 is 0 Å². The summed E-state index contributed by atoms with van der Waals surface area (Å²) in [6.07, 6.45) is 0. The lowest BCUT2D eigenvalue weighted by Gasteiger charge is -2.35. The normalized spacial score (nSPS) is 17.0. The molecule has 1 aliphatic carbocycles. The van der Waals surface area contributed by atoms with E-state index in [2.05, 4.69) is 35.2 Å². The maximum absolute atomic E-state index is 9.78. The summed E-state index contributed by atoms with van der Waals surface area (Å²) in [7, 11) is 0. The van der Waals surface area contributed by atoms with Gasteiger partial charge in [-0.1, -0.05) is 145 Å². The zero-order valence-corrected chi connectivity index (χ0v) is 26.2. The van der Waals surface area contributed by atoms with Gasteiger partial charge in [0.25, 0.3) is 0 Å². The molecule has 49 heavy (non-hydrogen) atoms. The molecule has 0 fully saturated rings. The van der Waals surface area contributed by atoms with Gasteiger partial charge in [0.1, 0.15) is 11.2 Å². The Morgan fingerprint density at radius 1 is 0.449 bits per heavy atom. The zero-order chi connectivity index (χ0) is 38.5. The molecule has 0 spiro atoms. The Hall–Kier alpha value is -6.38. The molecule has 0 saturated carbocycles. The molecule has 0 N–H and O–H groups in total. The van der Waals surface area contributed by atoms with Crippen LogP contribution in [0.2, 0.25) is 0 Å². The van der Waals surface area contributed by atoms with E-state index in [1.165, 1.54) is 0 Å². The fourth-order valence-corrected chi connectivity index (χ4v) is 7.84. The van der Waals surface area contributed by atoms with Gasteiger partial charge in [0.05, 0.1) is 15.0 Å². The molecule has 0 saturated heterocycles. The van der Waals surface area contributed by atoms with Crippen LogP contribution in [0.25, 0.3) is 43.8 Å². The van der Waals surface area contributed by atoms with Gasteiger partial charge in [-0.25, -0.2) is 0 Å². The molecule has 1 unspecified atom stereocenters. The van der Waals surface area contributed by atoms with Gasteiger partial charge in [0, 0.05) is 33.4 Å². The fourth-order valence-electron chi connectivity index (χ4n) is 7.84. The summed E-state index contributed by atoms with van der Waals surface area (Å²) >= 11 is 0. The zero-order valence-electron chi connectivity index (χ0n) is 33.2. The van der Waals surface area contributed by atoms with Crippen molar-refractivity contribution < 1.29 is 14.0 Å². The fraction of sp³-hybridized carbons (Fsp3) is 0.0213. The van der Waals surface area contributed by atoms with E-state index in [1.54, 1.807) is 0 Å². The van der Waals surface area contributed by atoms with Gasteiger partial charge < -0.3 is 9.32 Å². The topological polar surface area (TPSA) is 16.4 Å². The lowest BCUT2D eigenvalue weighted by atomic mass is 9.66. The minimum atomic E-state index is -1.43. The third-order valence-corrected chi connectivity index (χ3v) is 9.81. The molecule has 9 aromatic rings. The Morgan fingerprint density at radius 2 is 1.10 bits per heavy atom. The van der Waals surface area contributed by atoms with Gasteiger partial charge >= 0.3 is 0 Å². The molecule has 1 heterocycles. The second-order valence-corrected chi connectivity index (χ2v) is 12.3. The van der Waals surface area contributed by atoms with Crippen LogP contribution in [-0.2, 0) is 5.41 Å². The lowest BCUT2D eigenvalue weighted by molar-refractivity contribution is 0.649. The smallest absolute Gasteiger partial charge is 0.140 e. The molecule has 8 aromatic carbocycles.